The van der Waals surface area contributed by atoms with E-state index in [2.05, 4.69) is 58.9 Å². The Bertz CT molecular complexity index is 186. The summed E-state index contributed by atoms with van der Waals surface area (Å²) in [5.74, 6) is 0. The number of hydrogen-bond donors (Lipinski definition) is 0. The van der Waals surface area contributed by atoms with Crippen molar-refractivity contribution in [3.8, 4) is 0 Å². The van der Waals surface area contributed by atoms with Crippen molar-refractivity contribution in [3.05, 3.63) is 49.7 Å². The summed E-state index contributed by atoms with van der Waals surface area (Å²) in [4.78, 5) is 0. The van der Waals surface area contributed by atoms with Crippen LogP contribution in [-0.2, 0) is 6.42 Å². The van der Waals surface area contributed by atoms with Crippen LogP contribution in [0.15, 0.2) is 30.3 Å². The molecular weight excluding hydrogens is 216 g/mol. The monoisotopic (exact) mass is 244 g/mol. The van der Waals surface area contributed by atoms with E-state index in [9.17, 15) is 0 Å². The molecular formula is C16H28Mg. The van der Waals surface area contributed by atoms with Crippen molar-refractivity contribution in [1.82, 2.24) is 0 Å². The van der Waals surface area contributed by atoms with E-state index in [0.29, 0.717) is 0 Å². The van der Waals surface area contributed by atoms with Crippen LogP contribution in [-0.4, -0.2) is 23.1 Å². The minimum atomic E-state index is 0. The summed E-state index contributed by atoms with van der Waals surface area (Å²) in [6.07, 6.45) is 5.70. The summed E-state index contributed by atoms with van der Waals surface area (Å²) >= 11 is 0. The Morgan fingerprint density at radius 1 is 0.824 bits per heavy atom. The van der Waals surface area contributed by atoms with Crippen LogP contribution in [0, 0.1) is 13.8 Å². The molecule has 0 heterocycles. The van der Waals surface area contributed by atoms with Gasteiger partial charge in [0, 0.05) is 0 Å². The molecule has 0 aromatic heterocycles. The SMILES string of the molecule is CCc1ccccc1.[CH2-]CCC.[CH2-]CCC.[Mg+2]. The second kappa shape index (κ2) is 21.3. The molecule has 0 spiro atoms. The molecule has 0 atom stereocenters. The first-order valence-corrected chi connectivity index (χ1v) is 6.39. The average Bonchev–Trinajstić information content (AvgIpc) is 2.40. The Hall–Kier alpha value is -0.0138. The maximum absolute atomic E-state index is 3.60. The van der Waals surface area contributed by atoms with Gasteiger partial charge in [0.2, 0.25) is 0 Å². The van der Waals surface area contributed by atoms with Crippen molar-refractivity contribution in [3.63, 3.8) is 0 Å². The van der Waals surface area contributed by atoms with Crippen LogP contribution in [0.2, 0.25) is 0 Å². The van der Waals surface area contributed by atoms with Crippen molar-refractivity contribution in [2.24, 2.45) is 0 Å². The van der Waals surface area contributed by atoms with E-state index in [1.54, 1.807) is 0 Å². The van der Waals surface area contributed by atoms with Crippen molar-refractivity contribution in [2.75, 3.05) is 0 Å². The average molecular weight is 245 g/mol. The van der Waals surface area contributed by atoms with Gasteiger partial charge in [-0.25, -0.2) is 0 Å². The molecule has 0 saturated carbocycles. The topological polar surface area (TPSA) is 0 Å². The molecule has 0 bridgehead atoms. The van der Waals surface area contributed by atoms with Gasteiger partial charge < -0.3 is 13.8 Å². The Labute approximate surface area is 125 Å². The Kier molecular flexibility index (Phi) is 27.8. The molecule has 0 N–H and O–H groups in total. The van der Waals surface area contributed by atoms with Crippen molar-refractivity contribution < 1.29 is 0 Å². The molecule has 0 nitrogen and oxygen atoms in total. The van der Waals surface area contributed by atoms with Gasteiger partial charge in [-0.3, -0.25) is 0 Å². The summed E-state index contributed by atoms with van der Waals surface area (Å²) < 4.78 is 0. The predicted octanol–water partition coefficient (Wildman–Crippen LogP) is 5.11. The molecule has 0 aliphatic carbocycles. The van der Waals surface area contributed by atoms with Crippen LogP contribution in [0.1, 0.15) is 52.0 Å². The number of hydrogen-bond acceptors (Lipinski definition) is 0. The van der Waals surface area contributed by atoms with E-state index in [0.717, 1.165) is 19.3 Å². The van der Waals surface area contributed by atoms with Gasteiger partial charge in [0.25, 0.3) is 0 Å². The number of aryl methyl sites for hydroxylation is 1. The Balaban J connectivity index is -0.000000189. The second-order valence-corrected chi connectivity index (χ2v) is 3.55. The Morgan fingerprint density at radius 2 is 1.18 bits per heavy atom. The smallest absolute Gasteiger partial charge is 0.343 e. The van der Waals surface area contributed by atoms with E-state index in [-0.39, 0.29) is 23.1 Å². The van der Waals surface area contributed by atoms with Crippen LogP contribution >= 0.6 is 0 Å². The van der Waals surface area contributed by atoms with E-state index >= 15 is 0 Å². The third kappa shape index (κ3) is 21.8. The molecule has 1 heteroatoms. The number of rotatable bonds is 3. The third-order valence-electron chi connectivity index (χ3n) is 1.96. The molecule has 0 amide bonds. The van der Waals surface area contributed by atoms with Crippen LogP contribution in [0.5, 0.6) is 0 Å². The zero-order chi connectivity index (χ0) is 12.6. The van der Waals surface area contributed by atoms with Gasteiger partial charge in [-0.2, -0.15) is 12.8 Å². The van der Waals surface area contributed by atoms with Crippen LogP contribution in [0.3, 0.4) is 0 Å². The largest absolute Gasteiger partial charge is 2.00 e. The molecule has 0 fully saturated rings. The van der Waals surface area contributed by atoms with Gasteiger partial charge in [-0.05, 0) is 12.0 Å². The molecule has 17 heavy (non-hydrogen) atoms. The van der Waals surface area contributed by atoms with Crippen LogP contribution in [0.25, 0.3) is 0 Å². The number of benzene rings is 1. The zero-order valence-corrected chi connectivity index (χ0v) is 13.5. The number of unbranched alkanes of at least 4 members (excludes halogenated alkanes) is 2. The quantitative estimate of drug-likeness (QED) is 0.512. The van der Waals surface area contributed by atoms with Crippen molar-refractivity contribution in [2.45, 2.75) is 52.9 Å². The summed E-state index contributed by atoms with van der Waals surface area (Å²) in [6, 6.07) is 10.5. The molecule has 0 aliphatic heterocycles. The molecule has 0 aliphatic rings. The maximum atomic E-state index is 3.60. The maximum Gasteiger partial charge on any atom is 2.00 e. The molecule has 1 aromatic carbocycles. The Morgan fingerprint density at radius 3 is 1.35 bits per heavy atom. The first-order valence-electron chi connectivity index (χ1n) is 6.39. The zero-order valence-electron chi connectivity index (χ0n) is 12.0. The summed E-state index contributed by atoms with van der Waals surface area (Å²) in [5.41, 5.74) is 1.41. The van der Waals surface area contributed by atoms with Gasteiger partial charge in [-0.15, -0.1) is 0 Å². The summed E-state index contributed by atoms with van der Waals surface area (Å²) in [7, 11) is 0. The second-order valence-electron chi connectivity index (χ2n) is 3.55. The first-order chi connectivity index (χ1) is 7.76. The fourth-order valence-corrected chi connectivity index (χ4v) is 0.714. The normalized spacial score (nSPS) is 7.82. The van der Waals surface area contributed by atoms with Gasteiger partial charge in [0.1, 0.15) is 0 Å². The van der Waals surface area contributed by atoms with Gasteiger partial charge >= 0.3 is 23.1 Å². The summed E-state index contributed by atoms with van der Waals surface area (Å²) in [6.45, 7) is 13.6. The van der Waals surface area contributed by atoms with Crippen molar-refractivity contribution >= 4 is 23.1 Å². The van der Waals surface area contributed by atoms with E-state index in [1.165, 1.54) is 18.4 Å². The fourth-order valence-electron chi connectivity index (χ4n) is 0.714. The van der Waals surface area contributed by atoms with E-state index in [4.69, 9.17) is 0 Å². The first kappa shape index (κ1) is 22.2. The molecule has 1 rings (SSSR count). The molecule has 0 unspecified atom stereocenters. The minimum Gasteiger partial charge on any atom is -0.343 e. The van der Waals surface area contributed by atoms with Gasteiger partial charge in [-0.1, -0.05) is 63.9 Å². The predicted molar refractivity (Wildman–Crippen MR) is 82.1 cm³/mol. The van der Waals surface area contributed by atoms with Crippen LogP contribution in [0.4, 0.5) is 0 Å². The molecule has 94 valence electrons. The standard InChI is InChI=1S/C8H10.2C4H9.Mg/c1-2-8-6-4-3-5-7-8;2*1-3-4-2;/h3-7H,2H2,1H3;2*1,3-4H2,2H3;/q;2*-1;+2. The molecule has 1 aromatic rings. The van der Waals surface area contributed by atoms with E-state index in [1.807, 2.05) is 6.07 Å². The molecule has 0 radical (unpaired) electrons. The fraction of sp³-hybridized carbons (Fsp3) is 0.500. The third-order valence-corrected chi connectivity index (χ3v) is 1.96. The van der Waals surface area contributed by atoms with E-state index < -0.39 is 0 Å². The van der Waals surface area contributed by atoms with Crippen LogP contribution < -0.4 is 0 Å². The minimum absolute atomic E-state index is 0. The van der Waals surface area contributed by atoms with Gasteiger partial charge in [0.05, 0.1) is 0 Å². The van der Waals surface area contributed by atoms with Gasteiger partial charge in [0.15, 0.2) is 0 Å². The summed E-state index contributed by atoms with van der Waals surface area (Å²) in [5, 5.41) is 0. The molecule has 0 saturated heterocycles. The van der Waals surface area contributed by atoms with Crippen molar-refractivity contribution in [1.29, 1.82) is 0 Å².